The number of allylic oxidation sites excluding steroid dienone is 4. The first-order valence-corrected chi connectivity index (χ1v) is 18.3. The largest absolute Gasteiger partial charge is 0.439 e. The summed E-state index contributed by atoms with van der Waals surface area (Å²) in [6.07, 6.45) is 12.7. The van der Waals surface area contributed by atoms with Gasteiger partial charge in [0.1, 0.15) is 5.60 Å². The monoisotopic (exact) mass is 676 g/mol. The van der Waals surface area contributed by atoms with Crippen molar-refractivity contribution in [1.29, 1.82) is 0 Å². The van der Waals surface area contributed by atoms with Crippen molar-refractivity contribution in [2.75, 3.05) is 26.2 Å². The van der Waals surface area contributed by atoms with Gasteiger partial charge in [0.25, 0.3) is 0 Å². The molecular weight excluding hydrogens is 612 g/mol. The van der Waals surface area contributed by atoms with Gasteiger partial charge in [0.2, 0.25) is 0 Å². The Kier molecular flexibility index (Phi) is 15.3. The van der Waals surface area contributed by atoms with E-state index in [1.54, 1.807) is 63.0 Å². The number of rotatable bonds is 18. The maximum absolute atomic E-state index is 13.3. The van der Waals surface area contributed by atoms with Crippen molar-refractivity contribution in [2.24, 2.45) is 11.8 Å². The Bertz CT molecular complexity index is 1120. The first-order valence-electron chi connectivity index (χ1n) is 18.3. The Morgan fingerprint density at radius 2 is 1.65 bits per heavy atom. The fourth-order valence-corrected chi connectivity index (χ4v) is 6.95. The quantitative estimate of drug-likeness (QED) is 0.0688. The number of epoxide rings is 1. The van der Waals surface area contributed by atoms with Crippen LogP contribution >= 0.6 is 0 Å². The van der Waals surface area contributed by atoms with Gasteiger partial charge in [0.15, 0.2) is 11.9 Å². The number of carbonyl (C=O) groups is 2. The SMILES string of the molecule is CCC(O)CCC(C)(O)C(/C=C/C(C)C(=O)/C(C)=C/C=C/C(C)(O)CC1OC1C(C)C(O)CC)OC(=O)N1CCN(C2CCCC2)CC1. The smallest absolute Gasteiger partial charge is 0.410 e. The van der Waals surface area contributed by atoms with Crippen molar-refractivity contribution in [3.63, 3.8) is 0 Å². The summed E-state index contributed by atoms with van der Waals surface area (Å²) in [4.78, 5) is 30.7. The topological polar surface area (TPSA) is 143 Å². The third kappa shape index (κ3) is 12.1. The highest BCUT2D eigenvalue weighted by Crippen LogP contribution is 2.37. The lowest BCUT2D eigenvalue weighted by Crippen LogP contribution is -2.53. The van der Waals surface area contributed by atoms with E-state index in [9.17, 15) is 30.0 Å². The van der Waals surface area contributed by atoms with Gasteiger partial charge in [0.05, 0.1) is 30.0 Å². The maximum Gasteiger partial charge on any atom is 0.410 e. The van der Waals surface area contributed by atoms with Crippen molar-refractivity contribution >= 4 is 11.9 Å². The van der Waals surface area contributed by atoms with E-state index >= 15 is 0 Å². The fourth-order valence-electron chi connectivity index (χ4n) is 6.95. The van der Waals surface area contributed by atoms with Crippen LogP contribution in [-0.2, 0) is 14.3 Å². The highest BCUT2D eigenvalue weighted by Gasteiger charge is 2.47. The Morgan fingerprint density at radius 3 is 2.25 bits per heavy atom. The lowest BCUT2D eigenvalue weighted by atomic mass is 9.89. The molecule has 2 saturated heterocycles. The normalized spacial score (nSPS) is 27.0. The summed E-state index contributed by atoms with van der Waals surface area (Å²) >= 11 is 0. The van der Waals surface area contributed by atoms with E-state index in [2.05, 4.69) is 4.90 Å². The molecule has 0 spiro atoms. The molecule has 0 aromatic rings. The zero-order valence-electron chi connectivity index (χ0n) is 30.5. The van der Waals surface area contributed by atoms with E-state index in [0.29, 0.717) is 50.4 Å². The highest BCUT2D eigenvalue weighted by molar-refractivity contribution is 5.97. The number of hydrogen-bond donors (Lipinski definition) is 4. The molecule has 0 bridgehead atoms. The van der Waals surface area contributed by atoms with Crippen LogP contribution in [0.2, 0.25) is 0 Å². The van der Waals surface area contributed by atoms with Gasteiger partial charge in [0, 0.05) is 50.5 Å². The molecule has 1 aliphatic carbocycles. The van der Waals surface area contributed by atoms with Crippen molar-refractivity contribution in [3.05, 3.63) is 36.0 Å². The minimum Gasteiger partial charge on any atom is -0.439 e. The number of nitrogens with zero attached hydrogens (tertiary/aromatic N) is 2. The van der Waals surface area contributed by atoms with E-state index in [-0.39, 0.29) is 30.3 Å². The van der Waals surface area contributed by atoms with Crippen LogP contribution in [-0.4, -0.2) is 116 Å². The molecule has 10 nitrogen and oxygen atoms in total. The zero-order valence-corrected chi connectivity index (χ0v) is 30.5. The summed E-state index contributed by atoms with van der Waals surface area (Å²) in [5, 5.41) is 42.6. The van der Waals surface area contributed by atoms with Gasteiger partial charge in [-0.25, -0.2) is 4.79 Å². The number of Topliss-reactive ketones (excluding diaryl/α,β-unsaturated/α-hetero) is 1. The van der Waals surface area contributed by atoms with Crippen LogP contribution in [0, 0.1) is 11.8 Å². The Labute approximate surface area is 288 Å². The van der Waals surface area contributed by atoms with Crippen molar-refractivity contribution in [1.82, 2.24) is 9.80 Å². The van der Waals surface area contributed by atoms with Gasteiger partial charge in [-0.05, 0) is 70.9 Å². The molecule has 3 fully saturated rings. The summed E-state index contributed by atoms with van der Waals surface area (Å²) in [6.45, 7) is 15.3. The molecule has 48 heavy (non-hydrogen) atoms. The minimum atomic E-state index is -1.45. The van der Waals surface area contributed by atoms with E-state index in [0.717, 1.165) is 13.1 Å². The lowest BCUT2D eigenvalue weighted by Gasteiger charge is -2.39. The number of amides is 1. The van der Waals surface area contributed by atoms with Crippen LogP contribution in [0.5, 0.6) is 0 Å². The molecule has 274 valence electrons. The Balaban J connectivity index is 1.60. The standard InChI is InChI=1S/C38H64N2O8/c1-8-30(41)18-20-38(7,46)33(48-36(44)40-23-21-39(22-24-40)29-14-10-11-15-29)17-16-27(4)34(43)26(3)13-12-19-37(6,45)25-32-35(47-32)28(5)31(42)9-2/h12-13,16-17,19,27-33,35,41-42,45-46H,8-11,14-15,18,20-25H2,1-7H3/b17-16+,19-12+,26-13+. The van der Waals surface area contributed by atoms with Crippen molar-refractivity contribution < 1.29 is 39.5 Å². The second-order valence-corrected chi connectivity index (χ2v) is 15.0. The number of ketones is 1. The van der Waals surface area contributed by atoms with Crippen LogP contribution in [0.3, 0.4) is 0 Å². The first-order chi connectivity index (χ1) is 22.6. The molecule has 1 saturated carbocycles. The van der Waals surface area contributed by atoms with E-state index < -0.39 is 41.5 Å². The molecule has 9 atom stereocenters. The fraction of sp³-hybridized carbons (Fsp3) is 0.789. The van der Waals surface area contributed by atoms with Crippen molar-refractivity contribution in [3.8, 4) is 0 Å². The summed E-state index contributed by atoms with van der Waals surface area (Å²) in [7, 11) is 0. The van der Waals surface area contributed by atoms with Gasteiger partial charge in [-0.15, -0.1) is 0 Å². The van der Waals surface area contributed by atoms with E-state index in [1.165, 1.54) is 25.7 Å². The Hall–Kier alpha value is -2.08. The number of carbonyl (C=O) groups excluding carboxylic acids is 2. The third-order valence-corrected chi connectivity index (χ3v) is 10.7. The van der Waals surface area contributed by atoms with Crippen LogP contribution in [0.1, 0.15) is 106 Å². The van der Waals surface area contributed by atoms with Gasteiger partial charge < -0.3 is 34.8 Å². The molecule has 9 unspecified atom stereocenters. The molecule has 1 amide bonds. The molecule has 3 rings (SSSR count). The second-order valence-electron chi connectivity index (χ2n) is 15.0. The summed E-state index contributed by atoms with van der Waals surface area (Å²) < 4.78 is 11.6. The third-order valence-electron chi connectivity index (χ3n) is 10.7. The molecule has 2 aliphatic heterocycles. The van der Waals surface area contributed by atoms with Crippen LogP contribution in [0.4, 0.5) is 4.79 Å². The zero-order chi connectivity index (χ0) is 35.6. The van der Waals surface area contributed by atoms with Gasteiger partial charge in [-0.3, -0.25) is 9.69 Å². The second kappa shape index (κ2) is 18.2. The minimum absolute atomic E-state index is 0.000769. The predicted octanol–water partition coefficient (Wildman–Crippen LogP) is 4.93. The number of ether oxygens (including phenoxy) is 2. The highest BCUT2D eigenvalue weighted by atomic mass is 16.6. The maximum atomic E-state index is 13.3. The van der Waals surface area contributed by atoms with Crippen molar-refractivity contribution in [2.45, 2.75) is 154 Å². The first kappa shape index (κ1) is 40.4. The number of piperazine rings is 1. The average molecular weight is 677 g/mol. The molecule has 0 radical (unpaired) electrons. The molecule has 10 heteroatoms. The summed E-state index contributed by atoms with van der Waals surface area (Å²) in [5.74, 6) is -0.700. The lowest BCUT2D eigenvalue weighted by molar-refractivity contribution is -0.117. The van der Waals surface area contributed by atoms with E-state index in [4.69, 9.17) is 9.47 Å². The number of aliphatic hydroxyl groups is 4. The number of hydrogen-bond acceptors (Lipinski definition) is 9. The number of aliphatic hydroxyl groups excluding tert-OH is 2. The molecule has 4 N–H and O–H groups in total. The molecule has 2 heterocycles. The summed E-state index contributed by atoms with van der Waals surface area (Å²) in [5.41, 5.74) is -2.10. The average Bonchev–Trinajstić information content (AvgIpc) is 3.58. The van der Waals surface area contributed by atoms with Gasteiger partial charge in [-0.1, -0.05) is 64.8 Å². The molecular formula is C38H64N2O8. The van der Waals surface area contributed by atoms with Crippen LogP contribution in [0.15, 0.2) is 36.0 Å². The predicted molar refractivity (Wildman–Crippen MR) is 187 cm³/mol. The van der Waals surface area contributed by atoms with Crippen LogP contribution < -0.4 is 0 Å². The molecule has 3 aliphatic rings. The molecule has 0 aromatic heterocycles. The van der Waals surface area contributed by atoms with E-state index in [1.807, 2.05) is 20.8 Å². The van der Waals surface area contributed by atoms with Crippen LogP contribution in [0.25, 0.3) is 0 Å². The van der Waals surface area contributed by atoms with Gasteiger partial charge in [-0.2, -0.15) is 0 Å². The Morgan fingerprint density at radius 1 is 1.00 bits per heavy atom. The summed E-state index contributed by atoms with van der Waals surface area (Å²) in [6, 6.07) is 0.602. The molecule has 0 aromatic carbocycles. The van der Waals surface area contributed by atoms with Gasteiger partial charge >= 0.3 is 6.09 Å².